The molecule has 4 rings (SSSR count). The smallest absolute Gasteiger partial charge is 0.254 e. The van der Waals surface area contributed by atoms with E-state index in [1.807, 2.05) is 53.4 Å². The van der Waals surface area contributed by atoms with Crippen molar-refractivity contribution in [3.63, 3.8) is 0 Å². The average molecular weight is 432 g/mol. The molecular formula is C25H29N5O2. The summed E-state index contributed by atoms with van der Waals surface area (Å²) in [6, 6.07) is 15.8. The quantitative estimate of drug-likeness (QED) is 0.635. The fraction of sp³-hybridized carbons (Fsp3) is 0.320. The van der Waals surface area contributed by atoms with Crippen LogP contribution in [0, 0.1) is 0 Å². The first-order valence-corrected chi connectivity index (χ1v) is 10.9. The van der Waals surface area contributed by atoms with Gasteiger partial charge in [0.25, 0.3) is 5.91 Å². The molecule has 0 spiro atoms. The molecule has 1 aromatic heterocycles. The maximum absolute atomic E-state index is 13.0. The van der Waals surface area contributed by atoms with Crippen molar-refractivity contribution in [2.24, 2.45) is 0 Å². The van der Waals surface area contributed by atoms with Crippen LogP contribution in [-0.4, -0.2) is 65.0 Å². The number of rotatable bonds is 6. The first kappa shape index (κ1) is 21.8. The van der Waals surface area contributed by atoms with Gasteiger partial charge in [-0.3, -0.25) is 9.69 Å². The second-order valence-corrected chi connectivity index (χ2v) is 8.15. The summed E-state index contributed by atoms with van der Waals surface area (Å²) in [5, 5.41) is 3.20. The molecule has 7 nitrogen and oxygen atoms in total. The molecule has 32 heavy (non-hydrogen) atoms. The minimum atomic E-state index is 0.0628. The van der Waals surface area contributed by atoms with Crippen LogP contribution in [0.25, 0.3) is 11.1 Å². The monoisotopic (exact) mass is 431 g/mol. The van der Waals surface area contributed by atoms with E-state index in [1.165, 1.54) is 0 Å². The van der Waals surface area contributed by atoms with Crippen LogP contribution in [-0.2, 0) is 0 Å². The van der Waals surface area contributed by atoms with Gasteiger partial charge in [-0.15, -0.1) is 0 Å². The minimum absolute atomic E-state index is 0.0628. The molecule has 1 aliphatic rings. The lowest BCUT2D eigenvalue weighted by Crippen LogP contribution is -2.50. The zero-order valence-electron chi connectivity index (χ0n) is 18.8. The molecule has 7 heteroatoms. The predicted octanol–water partition coefficient (Wildman–Crippen LogP) is 4.06. The lowest BCUT2D eigenvalue weighted by atomic mass is 10.1. The number of aromatic nitrogens is 2. The average Bonchev–Trinajstić information content (AvgIpc) is 2.84. The van der Waals surface area contributed by atoms with Crippen molar-refractivity contribution in [3.05, 3.63) is 66.5 Å². The van der Waals surface area contributed by atoms with Gasteiger partial charge < -0.3 is 15.0 Å². The molecule has 1 aliphatic heterocycles. The molecule has 166 valence electrons. The van der Waals surface area contributed by atoms with Gasteiger partial charge in [0, 0.05) is 61.4 Å². The van der Waals surface area contributed by atoms with E-state index in [9.17, 15) is 4.79 Å². The lowest BCUT2D eigenvalue weighted by Gasteiger charge is -2.37. The van der Waals surface area contributed by atoms with Gasteiger partial charge in [-0.2, -0.15) is 0 Å². The van der Waals surface area contributed by atoms with Crippen molar-refractivity contribution in [3.8, 4) is 16.9 Å². The third-order valence-corrected chi connectivity index (χ3v) is 5.77. The van der Waals surface area contributed by atoms with Gasteiger partial charge in [0.2, 0.25) is 5.95 Å². The van der Waals surface area contributed by atoms with Crippen molar-refractivity contribution in [2.45, 2.75) is 19.9 Å². The van der Waals surface area contributed by atoms with E-state index in [2.05, 4.69) is 34.0 Å². The maximum Gasteiger partial charge on any atom is 0.254 e. The third kappa shape index (κ3) is 5.06. The van der Waals surface area contributed by atoms with Crippen molar-refractivity contribution < 1.29 is 9.53 Å². The lowest BCUT2D eigenvalue weighted by molar-refractivity contribution is 0.0595. The Bertz CT molecular complexity index is 1040. The highest BCUT2D eigenvalue weighted by molar-refractivity contribution is 5.95. The van der Waals surface area contributed by atoms with Gasteiger partial charge in [0.05, 0.1) is 7.11 Å². The Morgan fingerprint density at radius 3 is 2.28 bits per heavy atom. The number of hydrogen-bond donors (Lipinski definition) is 1. The largest absolute Gasteiger partial charge is 0.497 e. The van der Waals surface area contributed by atoms with Crippen molar-refractivity contribution >= 4 is 17.5 Å². The van der Waals surface area contributed by atoms with Gasteiger partial charge in [0.15, 0.2) is 0 Å². The van der Waals surface area contributed by atoms with Gasteiger partial charge in [-0.05, 0) is 49.7 Å². The summed E-state index contributed by atoms with van der Waals surface area (Å²) in [4.78, 5) is 26.1. The topological polar surface area (TPSA) is 70.6 Å². The number of amides is 1. The van der Waals surface area contributed by atoms with Crippen LogP contribution in [0.4, 0.5) is 11.6 Å². The van der Waals surface area contributed by atoms with Gasteiger partial charge >= 0.3 is 0 Å². The number of piperazine rings is 1. The fourth-order valence-electron chi connectivity index (χ4n) is 3.81. The highest BCUT2D eigenvalue weighted by atomic mass is 16.5. The summed E-state index contributed by atoms with van der Waals surface area (Å²) >= 11 is 0. The first-order valence-electron chi connectivity index (χ1n) is 10.9. The van der Waals surface area contributed by atoms with Crippen molar-refractivity contribution in [1.29, 1.82) is 0 Å². The molecule has 1 saturated heterocycles. The van der Waals surface area contributed by atoms with Crippen LogP contribution in [0.5, 0.6) is 5.75 Å². The summed E-state index contributed by atoms with van der Waals surface area (Å²) in [5.41, 5.74) is 3.39. The number of benzene rings is 2. The van der Waals surface area contributed by atoms with Crippen molar-refractivity contribution in [1.82, 2.24) is 19.8 Å². The molecule has 2 aromatic carbocycles. The molecule has 0 bridgehead atoms. The highest BCUT2D eigenvalue weighted by Crippen LogP contribution is 2.22. The normalized spacial score (nSPS) is 14.4. The first-order chi connectivity index (χ1) is 15.5. The Kier molecular flexibility index (Phi) is 6.66. The molecule has 0 aliphatic carbocycles. The zero-order chi connectivity index (χ0) is 22.5. The van der Waals surface area contributed by atoms with Gasteiger partial charge in [-0.25, -0.2) is 9.97 Å². The Morgan fingerprint density at radius 2 is 1.66 bits per heavy atom. The van der Waals surface area contributed by atoms with E-state index in [0.717, 1.165) is 48.7 Å². The molecule has 1 amide bonds. The molecular weight excluding hydrogens is 402 g/mol. The molecule has 3 aromatic rings. The number of anilines is 2. The summed E-state index contributed by atoms with van der Waals surface area (Å²) in [5.74, 6) is 1.36. The molecule has 2 heterocycles. The second-order valence-electron chi connectivity index (χ2n) is 8.15. The maximum atomic E-state index is 13.0. The molecule has 1 fully saturated rings. The van der Waals surface area contributed by atoms with Crippen LogP contribution in [0.15, 0.2) is 60.9 Å². The van der Waals surface area contributed by atoms with Crippen LogP contribution in [0.2, 0.25) is 0 Å². The number of nitrogens with one attached hydrogen (secondary N) is 1. The van der Waals surface area contributed by atoms with Crippen LogP contribution < -0.4 is 10.1 Å². The number of nitrogens with zero attached hydrogens (tertiary/aromatic N) is 4. The summed E-state index contributed by atoms with van der Waals surface area (Å²) in [7, 11) is 1.65. The van der Waals surface area contributed by atoms with Crippen molar-refractivity contribution in [2.75, 3.05) is 38.6 Å². The van der Waals surface area contributed by atoms with Crippen LogP contribution in [0.3, 0.4) is 0 Å². The number of carbonyl (C=O) groups is 1. The number of carbonyl (C=O) groups excluding carboxylic acids is 1. The van der Waals surface area contributed by atoms with E-state index in [4.69, 9.17) is 4.74 Å². The van der Waals surface area contributed by atoms with Gasteiger partial charge in [-0.1, -0.05) is 18.2 Å². The molecule has 0 unspecified atom stereocenters. The number of methoxy groups -OCH3 is 1. The van der Waals surface area contributed by atoms with E-state index < -0.39 is 0 Å². The Balaban J connectivity index is 1.41. The molecule has 0 atom stereocenters. The summed E-state index contributed by atoms with van der Waals surface area (Å²) < 4.78 is 5.20. The Morgan fingerprint density at radius 1 is 0.969 bits per heavy atom. The van der Waals surface area contributed by atoms with E-state index in [-0.39, 0.29) is 5.91 Å². The SMILES string of the molecule is COc1ccc(-c2cnc(Nc3cccc(C(=O)N4CCN(C(C)C)CC4)c3)nc2)cc1. The number of ether oxygens (including phenoxy) is 1. The van der Waals surface area contributed by atoms with E-state index in [1.54, 1.807) is 19.5 Å². The van der Waals surface area contributed by atoms with Crippen LogP contribution >= 0.6 is 0 Å². The molecule has 0 saturated carbocycles. The zero-order valence-corrected chi connectivity index (χ0v) is 18.8. The van der Waals surface area contributed by atoms with E-state index >= 15 is 0 Å². The second kappa shape index (κ2) is 9.78. The van der Waals surface area contributed by atoms with Gasteiger partial charge in [0.1, 0.15) is 5.75 Å². The number of hydrogen-bond acceptors (Lipinski definition) is 6. The Labute approximate surface area is 189 Å². The summed E-state index contributed by atoms with van der Waals surface area (Å²) in [6.07, 6.45) is 3.56. The van der Waals surface area contributed by atoms with E-state index in [0.29, 0.717) is 17.6 Å². The molecule has 0 radical (unpaired) electrons. The Hall–Kier alpha value is -3.45. The third-order valence-electron chi connectivity index (χ3n) is 5.77. The minimum Gasteiger partial charge on any atom is -0.497 e. The summed E-state index contributed by atoms with van der Waals surface area (Å²) in [6.45, 7) is 7.72. The standard InChI is InChI=1S/C25H29N5O2/c1-18(2)29-11-13-30(14-12-29)24(31)20-5-4-6-22(15-20)28-25-26-16-21(17-27-25)19-7-9-23(32-3)10-8-19/h4-10,15-18H,11-14H2,1-3H3,(H,26,27,28). The molecule has 1 N–H and O–H groups in total. The predicted molar refractivity (Wildman–Crippen MR) is 126 cm³/mol. The van der Waals surface area contributed by atoms with Crippen LogP contribution in [0.1, 0.15) is 24.2 Å². The highest BCUT2D eigenvalue weighted by Gasteiger charge is 2.23. The fourth-order valence-corrected chi connectivity index (χ4v) is 3.81.